The van der Waals surface area contributed by atoms with Gasteiger partial charge in [-0.05, 0) is 123 Å². The summed E-state index contributed by atoms with van der Waals surface area (Å²) in [5.41, 5.74) is 7.20. The summed E-state index contributed by atoms with van der Waals surface area (Å²) in [6, 6.07) is 58.8. The van der Waals surface area contributed by atoms with E-state index in [1.54, 1.807) is 0 Å². The topological polar surface area (TPSA) is 17.5 Å². The summed E-state index contributed by atoms with van der Waals surface area (Å²) in [4.78, 5) is 3.75. The quantitative estimate of drug-likeness (QED) is 0.135. The number of hydrogen-bond acceptors (Lipinski definition) is 1. The van der Waals surface area contributed by atoms with Gasteiger partial charge in [0.1, 0.15) is 11.2 Å². The van der Waals surface area contributed by atoms with Crippen molar-refractivity contribution in [3.63, 3.8) is 0 Å². The molecule has 0 aliphatic carbocycles. The van der Waals surface area contributed by atoms with E-state index in [0.717, 1.165) is 38.5 Å². The fraction of sp³-hybridized carbons (Fsp3) is 0. The molecule has 0 N–H and O–H groups in total. The van der Waals surface area contributed by atoms with Gasteiger partial charge >= 0.3 is 0 Å². The fourth-order valence-electron chi connectivity index (χ4n) is 8.41. The summed E-state index contributed by atoms with van der Waals surface area (Å²) < 4.78 is 6.52. The third-order valence-corrected chi connectivity index (χ3v) is 10.8. The molecule has 0 saturated carbocycles. The standard InChI is InChI=1S/C49H27NO/c1-50-46-15-7-13-37-35(12-6-14-41(37)46)34-19-18-30-24-31(16-17-32(30)25-34)33-20-22-40-42(26-33)38-10-4-5-11-39(38)43-27-45-48(28-44(40)43)51-47-23-21-29-8-2-3-9-36(29)49(45)47/h2-28H. The van der Waals surface area contributed by atoms with Gasteiger partial charge in [-0.2, -0.15) is 0 Å². The largest absolute Gasteiger partial charge is 0.456 e. The number of hydrogen-bond donors (Lipinski definition) is 0. The van der Waals surface area contributed by atoms with Gasteiger partial charge in [0.15, 0.2) is 5.69 Å². The van der Waals surface area contributed by atoms with Crippen LogP contribution in [0.15, 0.2) is 168 Å². The molecule has 0 aliphatic rings. The highest BCUT2D eigenvalue weighted by atomic mass is 16.3. The van der Waals surface area contributed by atoms with E-state index in [2.05, 4.69) is 144 Å². The maximum absolute atomic E-state index is 7.61. The smallest absolute Gasteiger partial charge is 0.194 e. The molecule has 51 heavy (non-hydrogen) atoms. The van der Waals surface area contributed by atoms with E-state index in [-0.39, 0.29) is 0 Å². The van der Waals surface area contributed by atoms with Crippen molar-refractivity contribution >= 4 is 92.3 Å². The van der Waals surface area contributed by atoms with Crippen LogP contribution in [0.25, 0.3) is 114 Å². The van der Waals surface area contributed by atoms with Gasteiger partial charge in [0.2, 0.25) is 0 Å². The zero-order valence-electron chi connectivity index (χ0n) is 27.4. The molecular formula is C49H27NO. The Labute approximate surface area is 293 Å². The van der Waals surface area contributed by atoms with Gasteiger partial charge in [-0.15, -0.1) is 0 Å². The first kappa shape index (κ1) is 27.9. The second-order valence-corrected chi connectivity index (χ2v) is 13.5. The molecule has 1 heterocycles. The first-order valence-electron chi connectivity index (χ1n) is 17.3. The van der Waals surface area contributed by atoms with Gasteiger partial charge in [0, 0.05) is 10.8 Å². The molecule has 11 aromatic rings. The Morgan fingerprint density at radius 2 is 0.961 bits per heavy atom. The minimum absolute atomic E-state index is 0.687. The van der Waals surface area contributed by atoms with Gasteiger partial charge in [-0.25, -0.2) is 4.85 Å². The average Bonchev–Trinajstić information content (AvgIpc) is 3.57. The molecule has 0 fully saturated rings. The third-order valence-electron chi connectivity index (χ3n) is 10.8. The fourth-order valence-corrected chi connectivity index (χ4v) is 8.41. The van der Waals surface area contributed by atoms with E-state index in [9.17, 15) is 0 Å². The molecule has 0 radical (unpaired) electrons. The number of benzene rings is 10. The Balaban J connectivity index is 1.07. The van der Waals surface area contributed by atoms with Crippen LogP contribution in [0.1, 0.15) is 0 Å². The van der Waals surface area contributed by atoms with Gasteiger partial charge in [0.05, 0.1) is 6.57 Å². The maximum Gasteiger partial charge on any atom is 0.194 e. The summed E-state index contributed by atoms with van der Waals surface area (Å²) in [5, 5.41) is 16.7. The van der Waals surface area contributed by atoms with E-state index < -0.39 is 0 Å². The number of furan rings is 1. The molecule has 1 aromatic heterocycles. The highest BCUT2D eigenvalue weighted by molar-refractivity contribution is 6.30. The summed E-state index contributed by atoms with van der Waals surface area (Å²) in [6.07, 6.45) is 0. The molecule has 0 atom stereocenters. The average molecular weight is 646 g/mol. The predicted octanol–water partition coefficient (Wildman–Crippen LogP) is 14.4. The third kappa shape index (κ3) is 4.10. The molecule has 0 amide bonds. The van der Waals surface area contributed by atoms with Crippen molar-refractivity contribution in [2.75, 3.05) is 0 Å². The molecule has 10 aromatic carbocycles. The van der Waals surface area contributed by atoms with Crippen LogP contribution in [-0.2, 0) is 0 Å². The second kappa shape index (κ2) is 10.5. The highest BCUT2D eigenvalue weighted by Crippen LogP contribution is 2.43. The molecule has 11 rings (SSSR count). The molecule has 0 aliphatic heterocycles. The van der Waals surface area contributed by atoms with Crippen molar-refractivity contribution in [3.8, 4) is 22.3 Å². The molecule has 0 saturated heterocycles. The van der Waals surface area contributed by atoms with Crippen LogP contribution in [0.2, 0.25) is 0 Å². The monoisotopic (exact) mass is 645 g/mol. The van der Waals surface area contributed by atoms with E-state index in [4.69, 9.17) is 11.0 Å². The molecule has 2 nitrogen and oxygen atoms in total. The summed E-state index contributed by atoms with van der Waals surface area (Å²) in [7, 11) is 0. The normalized spacial score (nSPS) is 11.9. The van der Waals surface area contributed by atoms with Crippen molar-refractivity contribution in [1.29, 1.82) is 0 Å². The lowest BCUT2D eigenvalue weighted by molar-refractivity contribution is 0.670. The summed E-state index contributed by atoms with van der Waals surface area (Å²) >= 11 is 0. The minimum Gasteiger partial charge on any atom is -0.456 e. The lowest BCUT2D eigenvalue weighted by atomic mass is 9.90. The van der Waals surface area contributed by atoms with Crippen LogP contribution in [0, 0.1) is 6.57 Å². The molecule has 234 valence electrons. The van der Waals surface area contributed by atoms with Crippen LogP contribution in [-0.4, -0.2) is 0 Å². The Bertz CT molecular complexity index is 3320. The van der Waals surface area contributed by atoms with Crippen molar-refractivity contribution < 1.29 is 4.42 Å². The van der Waals surface area contributed by atoms with Crippen molar-refractivity contribution in [2.45, 2.75) is 0 Å². The number of nitrogens with zero attached hydrogens (tertiary/aromatic N) is 1. The second-order valence-electron chi connectivity index (χ2n) is 13.5. The number of rotatable bonds is 2. The van der Waals surface area contributed by atoms with Crippen molar-refractivity contribution in [1.82, 2.24) is 0 Å². The molecule has 2 heteroatoms. The lowest BCUT2D eigenvalue weighted by Crippen LogP contribution is -1.86. The Morgan fingerprint density at radius 1 is 0.353 bits per heavy atom. The Hall–Kier alpha value is -6.95. The van der Waals surface area contributed by atoms with E-state index >= 15 is 0 Å². The van der Waals surface area contributed by atoms with Gasteiger partial charge in [0.25, 0.3) is 0 Å². The van der Waals surface area contributed by atoms with Crippen LogP contribution >= 0.6 is 0 Å². The maximum atomic E-state index is 7.61. The van der Waals surface area contributed by atoms with Gasteiger partial charge in [-0.3, -0.25) is 0 Å². The molecule has 0 spiro atoms. The van der Waals surface area contributed by atoms with Crippen LogP contribution in [0.5, 0.6) is 0 Å². The molecule has 0 unspecified atom stereocenters. The molecule has 0 bridgehead atoms. The van der Waals surface area contributed by atoms with E-state index in [0.29, 0.717) is 5.69 Å². The van der Waals surface area contributed by atoms with Crippen LogP contribution in [0.3, 0.4) is 0 Å². The van der Waals surface area contributed by atoms with Gasteiger partial charge < -0.3 is 4.42 Å². The first-order valence-corrected chi connectivity index (χ1v) is 17.3. The summed E-state index contributed by atoms with van der Waals surface area (Å²) in [5.74, 6) is 0. The zero-order chi connectivity index (χ0) is 33.6. The van der Waals surface area contributed by atoms with Crippen LogP contribution in [0.4, 0.5) is 5.69 Å². The predicted molar refractivity (Wildman–Crippen MR) is 216 cm³/mol. The van der Waals surface area contributed by atoms with E-state index in [1.807, 2.05) is 24.3 Å². The Morgan fingerprint density at radius 3 is 1.80 bits per heavy atom. The highest BCUT2D eigenvalue weighted by Gasteiger charge is 2.16. The molecular weight excluding hydrogens is 619 g/mol. The number of fused-ring (bicyclic) bond motifs is 13. The lowest BCUT2D eigenvalue weighted by Gasteiger charge is -2.13. The summed E-state index contributed by atoms with van der Waals surface area (Å²) in [6.45, 7) is 7.61. The first-order chi connectivity index (χ1) is 25.2. The van der Waals surface area contributed by atoms with Gasteiger partial charge in [-0.1, -0.05) is 127 Å². The van der Waals surface area contributed by atoms with Crippen molar-refractivity contribution in [2.24, 2.45) is 0 Å². The van der Waals surface area contributed by atoms with Crippen LogP contribution < -0.4 is 0 Å². The van der Waals surface area contributed by atoms with Crippen molar-refractivity contribution in [3.05, 3.63) is 175 Å². The Kier molecular flexibility index (Phi) is 5.77. The SMILES string of the molecule is [C-]#[N+]c1cccc2c(-c3ccc4cc(-c5ccc6c(c5)c5ccccc5c5cc7c(cc65)oc5ccc6ccccc6c57)ccc4c3)cccc12. The van der Waals surface area contributed by atoms with E-state index in [1.165, 1.54) is 70.4 Å². The minimum atomic E-state index is 0.687. The zero-order valence-corrected chi connectivity index (χ0v) is 27.4.